The van der Waals surface area contributed by atoms with E-state index in [1.54, 1.807) is 0 Å². The average Bonchev–Trinajstić information content (AvgIpc) is 3.07. The average molecular weight is 541 g/mol. The number of nitrogens with zero attached hydrogens (tertiary/aromatic N) is 4. The van der Waals surface area contributed by atoms with Crippen LogP contribution < -0.4 is 9.64 Å². The lowest BCUT2D eigenvalue weighted by Crippen LogP contribution is -2.15. The Kier molecular flexibility index (Phi) is 5.71. The van der Waals surface area contributed by atoms with Crippen molar-refractivity contribution >= 4 is 27.8 Å². The quantitative estimate of drug-likeness (QED) is 0.222. The topological polar surface area (TPSA) is 51.1 Å². The van der Waals surface area contributed by atoms with Crippen molar-refractivity contribution in [2.45, 2.75) is 0 Å². The predicted molar refractivity (Wildman–Crippen MR) is 168 cm³/mol. The maximum Gasteiger partial charge on any atom is 0.164 e. The standard InChI is InChI=1S/C37H24N4O/c1-3-11-25(12-4-1)35-38-36(26-13-5-2-6-14-26)40-37(39-35)29-20-19-28-24-30(22-21-27(28)23-29)41-31-15-7-9-17-33(31)42-34-18-10-8-16-32(34)41/h1-24H. The molecule has 198 valence electrons. The second kappa shape index (κ2) is 9.98. The van der Waals surface area contributed by atoms with E-state index in [9.17, 15) is 0 Å². The largest absolute Gasteiger partial charge is 0.453 e. The van der Waals surface area contributed by atoms with Crippen LogP contribution in [0.4, 0.5) is 17.1 Å². The summed E-state index contributed by atoms with van der Waals surface area (Å²) >= 11 is 0. The Hall–Kier alpha value is -5.81. The lowest BCUT2D eigenvalue weighted by molar-refractivity contribution is 0.477. The second-order valence-electron chi connectivity index (χ2n) is 10.2. The Morgan fingerprint density at radius 2 is 0.881 bits per heavy atom. The van der Waals surface area contributed by atoms with E-state index in [1.165, 1.54) is 0 Å². The summed E-state index contributed by atoms with van der Waals surface area (Å²) in [6.45, 7) is 0. The molecule has 0 spiro atoms. The van der Waals surface area contributed by atoms with E-state index >= 15 is 0 Å². The van der Waals surface area contributed by atoms with E-state index in [1.807, 2.05) is 97.1 Å². The molecule has 0 fully saturated rings. The number of anilines is 3. The minimum atomic E-state index is 0.643. The van der Waals surface area contributed by atoms with Crippen LogP contribution in [0.1, 0.15) is 0 Å². The summed E-state index contributed by atoms with van der Waals surface area (Å²) in [5, 5.41) is 2.23. The molecule has 5 nitrogen and oxygen atoms in total. The molecule has 0 radical (unpaired) electrons. The van der Waals surface area contributed by atoms with Crippen LogP contribution in [-0.4, -0.2) is 15.0 Å². The smallest absolute Gasteiger partial charge is 0.164 e. The zero-order chi connectivity index (χ0) is 27.9. The highest BCUT2D eigenvalue weighted by molar-refractivity contribution is 5.93. The van der Waals surface area contributed by atoms with Gasteiger partial charge in [0.15, 0.2) is 29.0 Å². The fourth-order valence-electron chi connectivity index (χ4n) is 5.43. The van der Waals surface area contributed by atoms with Gasteiger partial charge in [-0.3, -0.25) is 0 Å². The molecule has 7 aromatic rings. The molecule has 6 aromatic carbocycles. The Labute approximate surface area is 243 Å². The molecule has 1 aliphatic rings. The van der Waals surface area contributed by atoms with Crippen LogP contribution in [-0.2, 0) is 0 Å². The molecule has 0 atom stereocenters. The second-order valence-corrected chi connectivity index (χ2v) is 10.2. The Balaban J connectivity index is 1.23. The van der Waals surface area contributed by atoms with E-state index in [4.69, 9.17) is 19.7 Å². The Morgan fingerprint density at radius 1 is 0.405 bits per heavy atom. The van der Waals surface area contributed by atoms with Crippen LogP contribution in [0.2, 0.25) is 0 Å². The number of fused-ring (bicyclic) bond motifs is 3. The third-order valence-corrected chi connectivity index (χ3v) is 7.47. The Bertz CT molecular complexity index is 1970. The molecular weight excluding hydrogens is 516 g/mol. The normalized spacial score (nSPS) is 12.0. The fourth-order valence-corrected chi connectivity index (χ4v) is 5.43. The molecular formula is C37H24N4O. The molecule has 5 heteroatoms. The summed E-state index contributed by atoms with van der Waals surface area (Å²) in [5.74, 6) is 3.62. The molecule has 0 aliphatic carbocycles. The van der Waals surface area contributed by atoms with Crippen LogP contribution in [0, 0.1) is 0 Å². The van der Waals surface area contributed by atoms with Gasteiger partial charge >= 0.3 is 0 Å². The third kappa shape index (κ3) is 4.25. The first kappa shape index (κ1) is 24.0. The molecule has 0 bridgehead atoms. The van der Waals surface area contributed by atoms with E-state index < -0.39 is 0 Å². The van der Waals surface area contributed by atoms with Crippen molar-refractivity contribution in [3.05, 3.63) is 146 Å². The zero-order valence-corrected chi connectivity index (χ0v) is 22.6. The number of hydrogen-bond acceptors (Lipinski definition) is 5. The van der Waals surface area contributed by atoms with Crippen molar-refractivity contribution < 1.29 is 4.74 Å². The van der Waals surface area contributed by atoms with Crippen molar-refractivity contribution in [2.24, 2.45) is 0 Å². The van der Waals surface area contributed by atoms with Gasteiger partial charge in [-0.25, -0.2) is 15.0 Å². The molecule has 42 heavy (non-hydrogen) atoms. The minimum absolute atomic E-state index is 0.643. The SMILES string of the molecule is c1ccc(-c2nc(-c3ccccc3)nc(-c3ccc4cc(N5c6ccccc6Oc6ccccc65)ccc4c3)n2)cc1. The van der Waals surface area contributed by atoms with Crippen molar-refractivity contribution in [2.75, 3.05) is 4.90 Å². The maximum absolute atomic E-state index is 6.20. The van der Waals surface area contributed by atoms with Gasteiger partial charge in [0.25, 0.3) is 0 Å². The fraction of sp³-hybridized carbons (Fsp3) is 0. The van der Waals surface area contributed by atoms with Crippen LogP contribution in [0.3, 0.4) is 0 Å². The highest BCUT2D eigenvalue weighted by Crippen LogP contribution is 2.50. The van der Waals surface area contributed by atoms with Crippen molar-refractivity contribution in [1.82, 2.24) is 15.0 Å². The van der Waals surface area contributed by atoms with Gasteiger partial charge in [-0.1, -0.05) is 103 Å². The van der Waals surface area contributed by atoms with E-state index in [-0.39, 0.29) is 0 Å². The van der Waals surface area contributed by atoms with Gasteiger partial charge in [-0.15, -0.1) is 0 Å². The van der Waals surface area contributed by atoms with E-state index in [0.717, 1.165) is 56.0 Å². The Morgan fingerprint density at radius 3 is 1.48 bits per heavy atom. The molecule has 1 aliphatic heterocycles. The van der Waals surface area contributed by atoms with Gasteiger partial charge in [0.2, 0.25) is 0 Å². The molecule has 8 rings (SSSR count). The summed E-state index contributed by atoms with van der Waals surface area (Å²) < 4.78 is 6.20. The molecule has 0 unspecified atom stereocenters. The molecule has 0 saturated carbocycles. The van der Waals surface area contributed by atoms with Gasteiger partial charge in [0.1, 0.15) is 0 Å². The number of benzene rings is 6. The lowest BCUT2D eigenvalue weighted by atomic mass is 10.0. The highest BCUT2D eigenvalue weighted by Gasteiger charge is 2.25. The number of ether oxygens (including phenoxy) is 1. The first-order valence-corrected chi connectivity index (χ1v) is 13.9. The zero-order valence-electron chi connectivity index (χ0n) is 22.6. The van der Waals surface area contributed by atoms with Crippen molar-refractivity contribution in [3.63, 3.8) is 0 Å². The van der Waals surface area contributed by atoms with E-state index in [2.05, 4.69) is 53.4 Å². The van der Waals surface area contributed by atoms with Crippen molar-refractivity contribution in [1.29, 1.82) is 0 Å². The van der Waals surface area contributed by atoms with Crippen LogP contribution in [0.5, 0.6) is 11.5 Å². The molecule has 0 N–H and O–H groups in total. The molecule has 2 heterocycles. The summed E-state index contributed by atoms with van der Waals surface area (Å²) in [4.78, 5) is 16.9. The van der Waals surface area contributed by atoms with Crippen molar-refractivity contribution in [3.8, 4) is 45.7 Å². The first-order valence-electron chi connectivity index (χ1n) is 13.9. The number of aromatic nitrogens is 3. The molecule has 0 saturated heterocycles. The number of rotatable bonds is 4. The van der Waals surface area contributed by atoms with Crippen LogP contribution >= 0.6 is 0 Å². The van der Waals surface area contributed by atoms with E-state index in [0.29, 0.717) is 17.5 Å². The van der Waals surface area contributed by atoms with Gasteiger partial charge in [0, 0.05) is 22.4 Å². The summed E-state index contributed by atoms with van der Waals surface area (Å²) in [6.07, 6.45) is 0. The molecule has 1 aromatic heterocycles. The van der Waals surface area contributed by atoms with Gasteiger partial charge in [-0.05, 0) is 53.2 Å². The number of hydrogen-bond donors (Lipinski definition) is 0. The maximum atomic E-state index is 6.20. The summed E-state index contributed by atoms with van der Waals surface area (Å²) in [6, 6.07) is 49.3. The highest BCUT2D eigenvalue weighted by atomic mass is 16.5. The van der Waals surface area contributed by atoms with Crippen LogP contribution in [0.25, 0.3) is 44.9 Å². The van der Waals surface area contributed by atoms with Gasteiger partial charge < -0.3 is 9.64 Å². The lowest BCUT2D eigenvalue weighted by Gasteiger charge is -2.32. The first-order chi connectivity index (χ1) is 20.8. The van der Waals surface area contributed by atoms with Gasteiger partial charge in [-0.2, -0.15) is 0 Å². The van der Waals surface area contributed by atoms with Gasteiger partial charge in [0.05, 0.1) is 11.4 Å². The number of para-hydroxylation sites is 4. The van der Waals surface area contributed by atoms with Crippen LogP contribution in [0.15, 0.2) is 146 Å². The summed E-state index contributed by atoms with van der Waals surface area (Å²) in [5.41, 5.74) is 5.94. The monoisotopic (exact) mass is 540 g/mol. The predicted octanol–water partition coefficient (Wildman–Crippen LogP) is 9.60. The summed E-state index contributed by atoms with van der Waals surface area (Å²) in [7, 11) is 0. The minimum Gasteiger partial charge on any atom is -0.453 e. The molecule has 0 amide bonds. The third-order valence-electron chi connectivity index (χ3n) is 7.47.